The van der Waals surface area contributed by atoms with E-state index < -0.39 is 0 Å². The van der Waals surface area contributed by atoms with E-state index in [1.54, 1.807) is 0 Å². The third-order valence-corrected chi connectivity index (χ3v) is 11.3. The zero-order valence-corrected chi connectivity index (χ0v) is 24.6. The molecule has 0 aromatic rings. The van der Waals surface area contributed by atoms with E-state index in [9.17, 15) is 0 Å². The van der Waals surface area contributed by atoms with Crippen LogP contribution in [-0.4, -0.2) is 57.8 Å². The molecule has 12 nitrogen and oxygen atoms in total. The van der Waals surface area contributed by atoms with Gasteiger partial charge >= 0.3 is 0 Å². The van der Waals surface area contributed by atoms with Gasteiger partial charge in [-0.15, -0.1) is 0 Å². The third-order valence-electron chi connectivity index (χ3n) is 11.3. The van der Waals surface area contributed by atoms with Crippen LogP contribution in [0.5, 0.6) is 0 Å². The second-order valence-corrected chi connectivity index (χ2v) is 13.2. The lowest BCUT2D eigenvalue weighted by Gasteiger charge is -2.64. The summed E-state index contributed by atoms with van der Waals surface area (Å²) in [6.45, 7) is 12.1. The summed E-state index contributed by atoms with van der Waals surface area (Å²) in [6.07, 6.45) is 7.82. The first-order valence-electron chi connectivity index (χ1n) is 15.2. The van der Waals surface area contributed by atoms with Crippen molar-refractivity contribution < 1.29 is 14.2 Å². The van der Waals surface area contributed by atoms with Crippen molar-refractivity contribution in [3.8, 4) is 0 Å². The molecule has 4 aliphatic rings. The van der Waals surface area contributed by atoms with Crippen molar-refractivity contribution in [1.82, 2.24) is 0 Å². The van der Waals surface area contributed by atoms with Gasteiger partial charge in [0.2, 0.25) is 0 Å². The molecule has 4 rings (SSSR count). The molecular weight excluding hydrogens is 510 g/mol. The lowest BCUT2D eigenvalue weighted by molar-refractivity contribution is -0.226. The van der Waals surface area contributed by atoms with Gasteiger partial charge in [0.25, 0.3) is 0 Å². The average Bonchev–Trinajstić information content (AvgIpc) is 3.30. The molecule has 0 N–H and O–H groups in total. The Morgan fingerprint density at radius 1 is 0.775 bits per heavy atom. The summed E-state index contributed by atoms with van der Waals surface area (Å²) in [6, 6.07) is 0. The zero-order valence-electron chi connectivity index (χ0n) is 24.6. The molecule has 40 heavy (non-hydrogen) atoms. The molecule has 0 radical (unpaired) electrons. The van der Waals surface area contributed by atoms with Gasteiger partial charge in [-0.2, -0.15) is 0 Å². The van der Waals surface area contributed by atoms with Gasteiger partial charge < -0.3 is 14.2 Å². The normalized spacial score (nSPS) is 40.1. The van der Waals surface area contributed by atoms with Crippen LogP contribution in [0.2, 0.25) is 0 Å². The van der Waals surface area contributed by atoms with Crippen LogP contribution >= 0.6 is 0 Å². The zero-order chi connectivity index (χ0) is 28.8. The number of ether oxygens (including phenoxy) is 3. The summed E-state index contributed by atoms with van der Waals surface area (Å²) in [5, 5.41) is 11.1. The summed E-state index contributed by atoms with van der Waals surface area (Å²) in [5.74, 6) is 2.95. The number of fused-ring (bicyclic) bond motifs is 5. The molecule has 5 unspecified atom stereocenters. The molecule has 4 aliphatic carbocycles. The number of rotatable bonds is 13. The summed E-state index contributed by atoms with van der Waals surface area (Å²) in [4.78, 5) is 8.70. The van der Waals surface area contributed by atoms with Gasteiger partial charge in [-0.1, -0.05) is 43.0 Å². The van der Waals surface area contributed by atoms with Crippen molar-refractivity contribution in [3.63, 3.8) is 0 Å². The van der Waals surface area contributed by atoms with Crippen LogP contribution in [0.3, 0.4) is 0 Å². The van der Waals surface area contributed by atoms with E-state index >= 15 is 0 Å². The van der Waals surface area contributed by atoms with Gasteiger partial charge in [-0.05, 0) is 102 Å². The second-order valence-electron chi connectivity index (χ2n) is 13.2. The smallest absolute Gasteiger partial charge is 0.0637 e. The number of azide groups is 3. The Morgan fingerprint density at radius 3 is 2.02 bits per heavy atom. The van der Waals surface area contributed by atoms with Gasteiger partial charge in [0.1, 0.15) is 0 Å². The minimum absolute atomic E-state index is 0.0306. The van der Waals surface area contributed by atoms with Crippen LogP contribution in [0.25, 0.3) is 31.3 Å². The Bertz CT molecular complexity index is 1010. The Hall–Kier alpha value is -2.19. The molecule has 12 heteroatoms. The minimum Gasteiger partial charge on any atom is -0.378 e. The van der Waals surface area contributed by atoms with Crippen molar-refractivity contribution >= 4 is 0 Å². The molecular formula is C28H47N9O3. The van der Waals surface area contributed by atoms with Crippen molar-refractivity contribution in [3.05, 3.63) is 31.3 Å². The molecule has 0 aromatic carbocycles. The molecule has 0 spiro atoms. The summed E-state index contributed by atoms with van der Waals surface area (Å²) < 4.78 is 19.5. The summed E-state index contributed by atoms with van der Waals surface area (Å²) in [7, 11) is 0. The summed E-state index contributed by atoms with van der Waals surface area (Å²) >= 11 is 0. The standard InChI is InChI=1S/C28H47N9O3/c1-18(2)21-5-6-22-26-23(17-25(28(21,22)4)40-14-11-34-37-31)27(3)8-7-20(38-12-9-32-35-29)15-19(27)16-24(26)39-13-10-33-36-30/h18-26H,5-17H2,1-4H3/t19?,20-,21?,22+,23+,24-,25+,26?,27?,28?/m1/s1. The first kappa shape index (κ1) is 30.8. The third kappa shape index (κ3) is 6.03. The maximum Gasteiger partial charge on any atom is 0.0637 e. The predicted octanol–water partition coefficient (Wildman–Crippen LogP) is 7.61. The molecule has 0 saturated heterocycles. The second kappa shape index (κ2) is 13.6. The van der Waals surface area contributed by atoms with E-state index in [2.05, 4.69) is 57.8 Å². The van der Waals surface area contributed by atoms with Crippen LogP contribution in [0.1, 0.15) is 72.6 Å². The predicted molar refractivity (Wildman–Crippen MR) is 152 cm³/mol. The fourth-order valence-electron chi connectivity index (χ4n) is 9.67. The summed E-state index contributed by atoms with van der Waals surface area (Å²) in [5.41, 5.74) is 26.4. The Kier molecular flexibility index (Phi) is 10.5. The van der Waals surface area contributed by atoms with Gasteiger partial charge in [0, 0.05) is 39.8 Å². The molecule has 0 heterocycles. The largest absolute Gasteiger partial charge is 0.378 e. The van der Waals surface area contributed by atoms with E-state index in [0.29, 0.717) is 75.0 Å². The van der Waals surface area contributed by atoms with Gasteiger partial charge in [-0.3, -0.25) is 0 Å². The van der Waals surface area contributed by atoms with Crippen LogP contribution in [0, 0.1) is 46.3 Å². The molecule has 4 fully saturated rings. The first-order chi connectivity index (χ1) is 19.3. The Morgan fingerprint density at radius 2 is 1.40 bits per heavy atom. The van der Waals surface area contributed by atoms with Crippen molar-refractivity contribution in [1.29, 1.82) is 0 Å². The van der Waals surface area contributed by atoms with Crippen LogP contribution in [-0.2, 0) is 14.2 Å². The van der Waals surface area contributed by atoms with Gasteiger partial charge in [0.15, 0.2) is 0 Å². The maximum absolute atomic E-state index is 8.81. The molecule has 10 atom stereocenters. The number of hydrogen-bond acceptors (Lipinski definition) is 6. The van der Waals surface area contributed by atoms with E-state index in [-0.39, 0.29) is 29.1 Å². The number of hydrogen-bond donors (Lipinski definition) is 0. The van der Waals surface area contributed by atoms with Crippen LogP contribution in [0.4, 0.5) is 0 Å². The van der Waals surface area contributed by atoms with E-state index in [1.165, 1.54) is 12.8 Å². The molecule has 0 amide bonds. The van der Waals surface area contributed by atoms with Crippen LogP contribution in [0.15, 0.2) is 15.3 Å². The molecule has 0 aromatic heterocycles. The van der Waals surface area contributed by atoms with Gasteiger partial charge in [-0.25, -0.2) is 0 Å². The van der Waals surface area contributed by atoms with Crippen molar-refractivity contribution in [2.45, 2.75) is 91.0 Å². The average molecular weight is 558 g/mol. The Labute approximate surface area is 237 Å². The van der Waals surface area contributed by atoms with E-state index in [4.69, 9.17) is 30.8 Å². The highest BCUT2D eigenvalue weighted by molar-refractivity contribution is 5.15. The van der Waals surface area contributed by atoms with Crippen molar-refractivity contribution in [2.24, 2.45) is 61.7 Å². The molecule has 0 aliphatic heterocycles. The lowest BCUT2D eigenvalue weighted by Crippen LogP contribution is -2.63. The maximum atomic E-state index is 8.81. The van der Waals surface area contributed by atoms with Crippen LogP contribution < -0.4 is 0 Å². The monoisotopic (exact) mass is 557 g/mol. The van der Waals surface area contributed by atoms with Gasteiger partial charge in [0.05, 0.1) is 38.1 Å². The SMILES string of the molecule is CC(C)C1CC[C@H]2C3[C@H](OCCN=[N+]=[N-])CC4C[C@H](OCCN=[N+]=[N-])CCC4(C)[C@H]3C[C@H](OCCN=[N+]=[N-])C12C. The van der Waals surface area contributed by atoms with E-state index in [1.807, 2.05) is 0 Å². The van der Waals surface area contributed by atoms with Crippen molar-refractivity contribution in [2.75, 3.05) is 39.5 Å². The lowest BCUT2D eigenvalue weighted by atomic mass is 9.43. The molecule has 0 bridgehead atoms. The van der Waals surface area contributed by atoms with E-state index in [0.717, 1.165) is 32.1 Å². The fourth-order valence-corrected chi connectivity index (χ4v) is 9.67. The number of nitrogens with zero attached hydrogens (tertiary/aromatic N) is 9. The Balaban J connectivity index is 1.63. The highest BCUT2D eigenvalue weighted by atomic mass is 16.5. The quantitative estimate of drug-likeness (QED) is 0.0982. The fraction of sp³-hybridized carbons (Fsp3) is 1.00. The minimum atomic E-state index is 0.0306. The first-order valence-corrected chi connectivity index (χ1v) is 15.2. The highest BCUT2D eigenvalue weighted by Gasteiger charge is 2.66. The highest BCUT2D eigenvalue weighted by Crippen LogP contribution is 2.69. The molecule has 4 saturated carbocycles. The topological polar surface area (TPSA) is 174 Å². The molecule has 222 valence electrons.